The fourth-order valence-electron chi connectivity index (χ4n) is 1.86. The van der Waals surface area contributed by atoms with Crippen molar-refractivity contribution in [3.8, 4) is 16.9 Å². The Hall–Kier alpha value is -2.89. The minimum absolute atomic E-state index is 0.0538. The van der Waals surface area contributed by atoms with Crippen LogP contribution >= 0.6 is 0 Å². The second-order valence-electron chi connectivity index (χ2n) is 4.42. The number of hydrogen-bond acceptors (Lipinski definition) is 5. The summed E-state index contributed by atoms with van der Waals surface area (Å²) in [5, 5.41) is 10.6. The lowest BCUT2D eigenvalue weighted by molar-refractivity contribution is -0.384. The summed E-state index contributed by atoms with van der Waals surface area (Å²) in [6.07, 6.45) is 0. The fraction of sp³-hybridized carbons (Fsp3) is 0.188. The van der Waals surface area contributed by atoms with E-state index in [1.54, 1.807) is 31.2 Å². The number of esters is 1. The van der Waals surface area contributed by atoms with Crippen molar-refractivity contribution in [1.29, 1.82) is 0 Å². The Balaban J connectivity index is 2.02. The van der Waals surface area contributed by atoms with Gasteiger partial charge in [-0.3, -0.25) is 10.1 Å². The Bertz CT molecular complexity index is 649. The van der Waals surface area contributed by atoms with Crippen LogP contribution in [0.15, 0.2) is 48.5 Å². The summed E-state index contributed by atoms with van der Waals surface area (Å²) in [4.78, 5) is 21.4. The third-order valence-electron chi connectivity index (χ3n) is 2.93. The molecule has 0 aliphatic rings. The first kappa shape index (κ1) is 15.5. The van der Waals surface area contributed by atoms with E-state index in [0.29, 0.717) is 12.4 Å². The normalized spacial score (nSPS) is 10.0. The number of carbonyl (C=O) groups is 1. The molecule has 0 aliphatic carbocycles. The molecule has 0 fully saturated rings. The number of non-ortho nitro benzene ring substituents is 1. The molecule has 0 bridgehead atoms. The van der Waals surface area contributed by atoms with Gasteiger partial charge in [-0.2, -0.15) is 0 Å². The van der Waals surface area contributed by atoms with Gasteiger partial charge in [0.2, 0.25) is 0 Å². The van der Waals surface area contributed by atoms with Crippen molar-refractivity contribution in [3.63, 3.8) is 0 Å². The van der Waals surface area contributed by atoms with Gasteiger partial charge in [-0.15, -0.1) is 0 Å². The smallest absolute Gasteiger partial charge is 0.344 e. The maximum atomic E-state index is 11.2. The van der Waals surface area contributed by atoms with Crippen LogP contribution in [0, 0.1) is 10.1 Å². The number of benzene rings is 2. The number of nitrogens with zero attached hydrogens (tertiary/aromatic N) is 1. The average Bonchev–Trinajstić information content (AvgIpc) is 2.54. The quantitative estimate of drug-likeness (QED) is 0.465. The Morgan fingerprint density at radius 3 is 2.09 bits per heavy atom. The number of ether oxygens (including phenoxy) is 2. The van der Waals surface area contributed by atoms with Gasteiger partial charge in [0.05, 0.1) is 11.5 Å². The van der Waals surface area contributed by atoms with Crippen molar-refractivity contribution in [1.82, 2.24) is 0 Å². The minimum atomic E-state index is -0.434. The van der Waals surface area contributed by atoms with Crippen LogP contribution in [-0.2, 0) is 9.53 Å². The molecule has 0 amide bonds. The lowest BCUT2D eigenvalue weighted by atomic mass is 10.1. The summed E-state index contributed by atoms with van der Waals surface area (Å²) in [6, 6.07) is 13.4. The Morgan fingerprint density at radius 1 is 1.05 bits per heavy atom. The molecule has 6 heteroatoms. The van der Waals surface area contributed by atoms with Crippen LogP contribution in [0.4, 0.5) is 5.69 Å². The van der Waals surface area contributed by atoms with Crippen LogP contribution < -0.4 is 4.74 Å². The van der Waals surface area contributed by atoms with Gasteiger partial charge >= 0.3 is 5.97 Å². The molecule has 0 unspecified atom stereocenters. The van der Waals surface area contributed by atoms with Crippen molar-refractivity contribution in [2.45, 2.75) is 6.92 Å². The molecule has 0 heterocycles. The molecule has 0 aromatic heterocycles. The van der Waals surface area contributed by atoms with Crippen LogP contribution in [0.25, 0.3) is 11.1 Å². The Morgan fingerprint density at radius 2 is 1.59 bits per heavy atom. The number of rotatable bonds is 6. The van der Waals surface area contributed by atoms with Crippen molar-refractivity contribution in [2.24, 2.45) is 0 Å². The highest BCUT2D eigenvalue weighted by Crippen LogP contribution is 2.24. The first-order valence-corrected chi connectivity index (χ1v) is 6.73. The summed E-state index contributed by atoms with van der Waals surface area (Å²) in [5.74, 6) is 0.140. The molecule has 0 saturated carbocycles. The molecule has 6 nitrogen and oxygen atoms in total. The first-order chi connectivity index (χ1) is 10.6. The largest absolute Gasteiger partial charge is 0.482 e. The molecular formula is C16H15NO5. The van der Waals surface area contributed by atoms with E-state index in [4.69, 9.17) is 9.47 Å². The van der Waals surface area contributed by atoms with E-state index in [9.17, 15) is 14.9 Å². The standard InChI is InChI=1S/C16H15NO5/c1-2-21-16(18)11-22-15-9-5-13(6-10-15)12-3-7-14(8-4-12)17(19)20/h3-10H,2,11H2,1H3. The van der Waals surface area contributed by atoms with Crippen LogP contribution in [0.3, 0.4) is 0 Å². The first-order valence-electron chi connectivity index (χ1n) is 6.73. The molecule has 0 saturated heterocycles. The van der Waals surface area contributed by atoms with E-state index in [2.05, 4.69) is 0 Å². The molecule has 2 aromatic carbocycles. The van der Waals surface area contributed by atoms with Gasteiger partial charge in [-0.25, -0.2) is 4.79 Å². The highest BCUT2D eigenvalue weighted by Gasteiger charge is 2.06. The van der Waals surface area contributed by atoms with E-state index >= 15 is 0 Å². The van der Waals surface area contributed by atoms with Gasteiger partial charge in [0, 0.05) is 12.1 Å². The SMILES string of the molecule is CCOC(=O)COc1ccc(-c2ccc([N+](=O)[O-])cc2)cc1. The lowest BCUT2D eigenvalue weighted by Crippen LogP contribution is -2.14. The van der Waals surface area contributed by atoms with E-state index in [-0.39, 0.29) is 12.3 Å². The zero-order chi connectivity index (χ0) is 15.9. The van der Waals surface area contributed by atoms with Crippen LogP contribution in [0.5, 0.6) is 5.75 Å². The molecular weight excluding hydrogens is 286 g/mol. The molecule has 22 heavy (non-hydrogen) atoms. The second-order valence-corrected chi connectivity index (χ2v) is 4.42. The number of nitro groups is 1. The predicted molar refractivity (Wildman–Crippen MR) is 80.7 cm³/mol. The van der Waals surface area contributed by atoms with Gasteiger partial charge in [0.15, 0.2) is 6.61 Å². The van der Waals surface area contributed by atoms with E-state index in [0.717, 1.165) is 11.1 Å². The fourth-order valence-corrected chi connectivity index (χ4v) is 1.86. The zero-order valence-electron chi connectivity index (χ0n) is 12.0. The van der Waals surface area contributed by atoms with Gasteiger partial charge in [-0.1, -0.05) is 12.1 Å². The van der Waals surface area contributed by atoms with E-state index in [1.165, 1.54) is 12.1 Å². The van der Waals surface area contributed by atoms with Gasteiger partial charge in [0.25, 0.3) is 5.69 Å². The Kier molecular flexibility index (Phi) is 5.08. The van der Waals surface area contributed by atoms with Gasteiger partial charge in [0.1, 0.15) is 5.75 Å². The third kappa shape index (κ3) is 4.05. The summed E-state index contributed by atoms with van der Waals surface area (Å²) in [6.45, 7) is 1.92. The van der Waals surface area contributed by atoms with Crippen molar-refractivity contribution in [2.75, 3.05) is 13.2 Å². The van der Waals surface area contributed by atoms with Crippen molar-refractivity contribution < 1.29 is 19.2 Å². The molecule has 2 rings (SSSR count). The monoisotopic (exact) mass is 301 g/mol. The minimum Gasteiger partial charge on any atom is -0.482 e. The third-order valence-corrected chi connectivity index (χ3v) is 2.93. The van der Waals surface area contributed by atoms with Crippen LogP contribution in [0.2, 0.25) is 0 Å². The summed E-state index contributed by atoms with van der Waals surface area (Å²) >= 11 is 0. The second kappa shape index (κ2) is 7.21. The molecule has 0 N–H and O–H groups in total. The summed E-state index contributed by atoms with van der Waals surface area (Å²) in [7, 11) is 0. The molecule has 0 spiro atoms. The van der Waals surface area contributed by atoms with Gasteiger partial charge < -0.3 is 9.47 Å². The van der Waals surface area contributed by atoms with Crippen LogP contribution in [0.1, 0.15) is 6.92 Å². The predicted octanol–water partition coefficient (Wildman–Crippen LogP) is 3.20. The zero-order valence-corrected chi connectivity index (χ0v) is 12.0. The molecule has 0 radical (unpaired) electrons. The highest BCUT2D eigenvalue weighted by molar-refractivity contribution is 5.71. The maximum absolute atomic E-state index is 11.2. The lowest BCUT2D eigenvalue weighted by Gasteiger charge is -2.07. The van der Waals surface area contributed by atoms with E-state index in [1.807, 2.05) is 12.1 Å². The number of nitro benzene ring substituents is 1. The molecule has 0 atom stereocenters. The van der Waals surface area contributed by atoms with E-state index < -0.39 is 10.9 Å². The topological polar surface area (TPSA) is 78.7 Å². The number of hydrogen-bond donors (Lipinski definition) is 0. The highest BCUT2D eigenvalue weighted by atomic mass is 16.6. The summed E-state index contributed by atoms with van der Waals surface area (Å²) < 4.78 is 10.1. The van der Waals surface area contributed by atoms with Crippen molar-refractivity contribution >= 4 is 11.7 Å². The molecule has 114 valence electrons. The number of carbonyl (C=O) groups excluding carboxylic acids is 1. The van der Waals surface area contributed by atoms with Crippen molar-refractivity contribution in [3.05, 3.63) is 58.6 Å². The van der Waals surface area contributed by atoms with Gasteiger partial charge in [-0.05, 0) is 42.3 Å². The maximum Gasteiger partial charge on any atom is 0.344 e. The molecule has 0 aliphatic heterocycles. The summed E-state index contributed by atoms with van der Waals surface area (Å²) in [5.41, 5.74) is 1.82. The average molecular weight is 301 g/mol. The van der Waals surface area contributed by atoms with Crippen LogP contribution in [-0.4, -0.2) is 24.1 Å². The molecule has 2 aromatic rings. The Labute approximate surface area is 127 Å².